The Balaban J connectivity index is 2.59. The molecule has 33 heavy (non-hydrogen) atoms. The molecule has 1 rings (SSSR count). The standard InChI is InChI=1S/C22H35N5O6/c1-13(2)19(27-20(30)16(24)11-14-6-8-15(28)9-7-14)21(31)25-12-18(29)26-17(22(32)33)5-3-4-10-23/h6-9,13,16-17,19,28H,3-5,10-12,23-24H2,1-2H3,(H,25,31)(H,26,29)(H,27,30)(H,32,33). The first-order chi connectivity index (χ1) is 15.5. The van der Waals surface area contributed by atoms with Crippen molar-refractivity contribution in [2.24, 2.45) is 17.4 Å². The van der Waals surface area contributed by atoms with E-state index < -0.39 is 48.4 Å². The molecule has 0 heterocycles. The van der Waals surface area contributed by atoms with Crippen LogP contribution in [-0.4, -0.2) is 65.1 Å². The minimum absolute atomic E-state index is 0.0996. The molecule has 1 aromatic carbocycles. The van der Waals surface area contributed by atoms with Crippen molar-refractivity contribution in [1.29, 1.82) is 0 Å². The second-order valence-electron chi connectivity index (χ2n) is 8.17. The summed E-state index contributed by atoms with van der Waals surface area (Å²) < 4.78 is 0. The highest BCUT2D eigenvalue weighted by Gasteiger charge is 2.27. The maximum atomic E-state index is 12.6. The molecule has 3 atom stereocenters. The van der Waals surface area contributed by atoms with Gasteiger partial charge < -0.3 is 37.6 Å². The summed E-state index contributed by atoms with van der Waals surface area (Å²) in [5.74, 6) is -3.13. The monoisotopic (exact) mass is 465 g/mol. The molecule has 184 valence electrons. The molecule has 0 aromatic heterocycles. The van der Waals surface area contributed by atoms with Gasteiger partial charge in [0.05, 0.1) is 12.6 Å². The zero-order valence-electron chi connectivity index (χ0n) is 19.0. The van der Waals surface area contributed by atoms with Gasteiger partial charge >= 0.3 is 5.97 Å². The summed E-state index contributed by atoms with van der Waals surface area (Å²) in [6.45, 7) is 3.46. The van der Waals surface area contributed by atoms with Crippen LogP contribution in [0.25, 0.3) is 0 Å². The summed E-state index contributed by atoms with van der Waals surface area (Å²) in [5, 5.41) is 26.0. The van der Waals surface area contributed by atoms with Crippen molar-refractivity contribution in [3.8, 4) is 5.75 Å². The Morgan fingerprint density at radius 2 is 1.64 bits per heavy atom. The molecule has 3 unspecified atom stereocenters. The third-order valence-corrected chi connectivity index (χ3v) is 4.98. The van der Waals surface area contributed by atoms with Gasteiger partial charge in [0.2, 0.25) is 17.7 Å². The van der Waals surface area contributed by atoms with Crippen molar-refractivity contribution in [1.82, 2.24) is 16.0 Å². The zero-order chi connectivity index (χ0) is 25.0. The fourth-order valence-corrected chi connectivity index (χ4v) is 3.05. The van der Waals surface area contributed by atoms with E-state index in [1.165, 1.54) is 12.1 Å². The molecule has 0 radical (unpaired) electrons. The lowest BCUT2D eigenvalue weighted by Crippen LogP contribution is -2.55. The van der Waals surface area contributed by atoms with Gasteiger partial charge in [0.25, 0.3) is 0 Å². The molecular weight excluding hydrogens is 430 g/mol. The van der Waals surface area contributed by atoms with E-state index in [-0.39, 0.29) is 24.5 Å². The molecule has 0 saturated heterocycles. The number of rotatable bonds is 14. The third kappa shape index (κ3) is 10.3. The molecule has 1 aromatic rings. The van der Waals surface area contributed by atoms with Crippen LogP contribution in [0.1, 0.15) is 38.7 Å². The summed E-state index contributed by atoms with van der Waals surface area (Å²) in [6, 6.07) is 3.35. The van der Waals surface area contributed by atoms with Gasteiger partial charge in [0, 0.05) is 0 Å². The number of carboxylic acids is 1. The van der Waals surface area contributed by atoms with E-state index in [2.05, 4.69) is 16.0 Å². The highest BCUT2D eigenvalue weighted by atomic mass is 16.4. The fraction of sp³-hybridized carbons (Fsp3) is 0.545. The predicted octanol–water partition coefficient (Wildman–Crippen LogP) is -0.783. The number of nitrogens with two attached hydrogens (primary N) is 2. The number of aromatic hydroxyl groups is 1. The molecule has 0 aliphatic carbocycles. The average Bonchev–Trinajstić information content (AvgIpc) is 2.76. The molecule has 0 bridgehead atoms. The Hall–Kier alpha value is -3.18. The number of hydrogen-bond donors (Lipinski definition) is 7. The second-order valence-corrected chi connectivity index (χ2v) is 8.17. The van der Waals surface area contributed by atoms with E-state index in [1.54, 1.807) is 26.0 Å². The second kappa shape index (κ2) is 14.1. The Bertz CT molecular complexity index is 799. The first-order valence-corrected chi connectivity index (χ1v) is 10.9. The molecular formula is C22H35N5O6. The highest BCUT2D eigenvalue weighted by molar-refractivity contribution is 5.92. The van der Waals surface area contributed by atoms with Gasteiger partial charge in [0.15, 0.2) is 0 Å². The van der Waals surface area contributed by atoms with Crippen molar-refractivity contribution < 1.29 is 29.4 Å². The summed E-state index contributed by atoms with van der Waals surface area (Å²) >= 11 is 0. The SMILES string of the molecule is CC(C)C(NC(=O)C(N)Cc1ccc(O)cc1)C(=O)NCC(=O)NC(CCCCN)C(=O)O. The predicted molar refractivity (Wildman–Crippen MR) is 122 cm³/mol. The maximum Gasteiger partial charge on any atom is 0.326 e. The Labute approximate surface area is 193 Å². The zero-order valence-corrected chi connectivity index (χ0v) is 19.0. The number of benzene rings is 1. The van der Waals surface area contributed by atoms with E-state index in [1.807, 2.05) is 0 Å². The van der Waals surface area contributed by atoms with Crippen LogP contribution in [0.15, 0.2) is 24.3 Å². The van der Waals surface area contributed by atoms with Crippen LogP contribution in [0, 0.1) is 5.92 Å². The highest BCUT2D eigenvalue weighted by Crippen LogP contribution is 2.11. The molecule has 0 aliphatic rings. The van der Waals surface area contributed by atoms with Crippen LogP contribution in [0.3, 0.4) is 0 Å². The topological polar surface area (TPSA) is 197 Å². The number of nitrogens with one attached hydrogen (secondary N) is 3. The quantitative estimate of drug-likeness (QED) is 0.174. The number of carbonyl (C=O) groups is 4. The molecule has 11 heteroatoms. The third-order valence-electron chi connectivity index (χ3n) is 4.98. The first kappa shape index (κ1) is 27.9. The van der Waals surface area contributed by atoms with E-state index in [4.69, 9.17) is 11.5 Å². The lowest BCUT2D eigenvalue weighted by Gasteiger charge is -2.23. The minimum Gasteiger partial charge on any atom is -0.508 e. The molecule has 9 N–H and O–H groups in total. The number of aliphatic carboxylic acids is 1. The fourth-order valence-electron chi connectivity index (χ4n) is 3.05. The number of carbonyl (C=O) groups excluding carboxylic acids is 3. The number of carboxylic acid groups (broad SMARTS) is 1. The summed E-state index contributed by atoms with van der Waals surface area (Å²) in [7, 11) is 0. The Kier molecular flexibility index (Phi) is 11.9. The Morgan fingerprint density at radius 1 is 1.00 bits per heavy atom. The lowest BCUT2D eigenvalue weighted by atomic mass is 10.0. The van der Waals surface area contributed by atoms with E-state index >= 15 is 0 Å². The maximum absolute atomic E-state index is 12.6. The summed E-state index contributed by atoms with van der Waals surface area (Å²) in [4.78, 5) is 48.5. The minimum atomic E-state index is -1.17. The van der Waals surface area contributed by atoms with Crippen molar-refractivity contribution >= 4 is 23.7 Å². The van der Waals surface area contributed by atoms with Gasteiger partial charge in [-0.2, -0.15) is 0 Å². The molecule has 11 nitrogen and oxygen atoms in total. The number of unbranched alkanes of at least 4 members (excludes halogenated alkanes) is 1. The van der Waals surface area contributed by atoms with Crippen molar-refractivity contribution in [2.45, 2.75) is 57.7 Å². The largest absolute Gasteiger partial charge is 0.508 e. The van der Waals surface area contributed by atoms with Crippen LogP contribution >= 0.6 is 0 Å². The van der Waals surface area contributed by atoms with Crippen LogP contribution in [-0.2, 0) is 25.6 Å². The van der Waals surface area contributed by atoms with Gasteiger partial charge in [-0.3, -0.25) is 14.4 Å². The average molecular weight is 466 g/mol. The van der Waals surface area contributed by atoms with E-state index in [0.717, 1.165) is 5.56 Å². The van der Waals surface area contributed by atoms with Gasteiger partial charge in [-0.1, -0.05) is 26.0 Å². The molecule has 0 aliphatic heterocycles. The summed E-state index contributed by atoms with van der Waals surface area (Å²) in [6.07, 6.45) is 1.63. The first-order valence-electron chi connectivity index (χ1n) is 10.9. The molecule has 0 fully saturated rings. The van der Waals surface area contributed by atoms with E-state index in [9.17, 15) is 29.4 Å². The van der Waals surface area contributed by atoms with Crippen LogP contribution in [0.5, 0.6) is 5.75 Å². The molecule has 3 amide bonds. The summed E-state index contributed by atoms with van der Waals surface area (Å²) in [5.41, 5.74) is 12.1. The van der Waals surface area contributed by atoms with E-state index in [0.29, 0.717) is 19.4 Å². The van der Waals surface area contributed by atoms with Crippen LogP contribution in [0.4, 0.5) is 0 Å². The van der Waals surface area contributed by atoms with Gasteiger partial charge in [0.1, 0.15) is 17.8 Å². The number of amides is 3. The smallest absolute Gasteiger partial charge is 0.326 e. The van der Waals surface area contributed by atoms with Crippen molar-refractivity contribution in [3.05, 3.63) is 29.8 Å². The number of phenolic OH excluding ortho intramolecular Hbond substituents is 1. The molecule has 0 saturated carbocycles. The normalized spacial score (nSPS) is 13.6. The van der Waals surface area contributed by atoms with Crippen LogP contribution < -0.4 is 27.4 Å². The Morgan fingerprint density at radius 3 is 2.18 bits per heavy atom. The van der Waals surface area contributed by atoms with Crippen molar-refractivity contribution in [3.63, 3.8) is 0 Å². The number of phenols is 1. The molecule has 0 spiro atoms. The van der Waals surface area contributed by atoms with Gasteiger partial charge in [-0.15, -0.1) is 0 Å². The van der Waals surface area contributed by atoms with Gasteiger partial charge in [-0.05, 0) is 55.8 Å². The van der Waals surface area contributed by atoms with Crippen molar-refractivity contribution in [2.75, 3.05) is 13.1 Å². The lowest BCUT2D eigenvalue weighted by molar-refractivity contribution is -0.142. The number of hydrogen-bond acceptors (Lipinski definition) is 7. The van der Waals surface area contributed by atoms with Gasteiger partial charge in [-0.25, -0.2) is 4.79 Å². The van der Waals surface area contributed by atoms with Crippen LogP contribution in [0.2, 0.25) is 0 Å².